The minimum absolute atomic E-state index is 0.00649. The Hall–Kier alpha value is -2.53. The number of carbonyl (C=O) groups is 2. The Balaban J connectivity index is 1.45. The summed E-state index contributed by atoms with van der Waals surface area (Å²) in [4.78, 5) is 26.9. The second-order valence-corrected chi connectivity index (χ2v) is 8.49. The number of benzene rings is 2. The van der Waals surface area contributed by atoms with Crippen molar-refractivity contribution in [3.8, 4) is 0 Å². The molecule has 2 unspecified atom stereocenters. The molecule has 1 aliphatic carbocycles. The molecule has 0 aromatic heterocycles. The molecule has 1 saturated heterocycles. The van der Waals surface area contributed by atoms with Crippen LogP contribution in [0.4, 0.5) is 4.39 Å². The van der Waals surface area contributed by atoms with Crippen molar-refractivity contribution in [2.75, 3.05) is 19.6 Å². The molecule has 2 atom stereocenters. The van der Waals surface area contributed by atoms with Crippen molar-refractivity contribution in [3.05, 3.63) is 71.5 Å². The van der Waals surface area contributed by atoms with Crippen LogP contribution in [0.25, 0.3) is 0 Å². The van der Waals surface area contributed by atoms with Gasteiger partial charge in [0.05, 0.1) is 10.8 Å². The molecule has 1 aliphatic heterocycles. The Labute approximate surface area is 170 Å². The van der Waals surface area contributed by atoms with E-state index in [1.807, 2.05) is 30.3 Å². The Kier molecular flexibility index (Phi) is 5.03. The quantitative estimate of drug-likeness (QED) is 0.809. The van der Waals surface area contributed by atoms with Crippen LogP contribution in [0.1, 0.15) is 37.3 Å². The number of carboxylic acids is 1. The molecular weight excluding hydrogens is 369 g/mol. The Morgan fingerprint density at radius 2 is 1.66 bits per heavy atom. The fraction of sp³-hybridized carbons (Fsp3) is 0.417. The number of hydrogen-bond acceptors (Lipinski definition) is 3. The fourth-order valence-corrected chi connectivity index (χ4v) is 5.07. The summed E-state index contributed by atoms with van der Waals surface area (Å²) in [6.45, 7) is 3.90. The van der Waals surface area contributed by atoms with Crippen molar-refractivity contribution >= 4 is 11.8 Å². The van der Waals surface area contributed by atoms with Gasteiger partial charge in [-0.1, -0.05) is 42.5 Å². The van der Waals surface area contributed by atoms with E-state index in [1.54, 1.807) is 19.1 Å². The van der Waals surface area contributed by atoms with Crippen LogP contribution in [-0.4, -0.2) is 41.4 Å². The largest absolute Gasteiger partial charge is 0.481 e. The number of carboxylic acid groups (broad SMARTS) is 1. The van der Waals surface area contributed by atoms with Crippen LogP contribution in [0.15, 0.2) is 54.6 Å². The number of Topliss-reactive ketones (excluding diaryl/α,β-unsaturated/α-hetero) is 1. The molecule has 4 nitrogen and oxygen atoms in total. The fourth-order valence-electron chi connectivity index (χ4n) is 5.07. The van der Waals surface area contributed by atoms with Crippen molar-refractivity contribution in [2.45, 2.75) is 37.0 Å². The number of carbonyl (C=O) groups excluding carboxylic acids is 1. The molecule has 2 aromatic carbocycles. The number of likely N-dealkylation sites (tertiary alicyclic amines) is 1. The van der Waals surface area contributed by atoms with Gasteiger partial charge in [0.15, 0.2) is 0 Å². The smallest absolute Gasteiger partial charge is 0.314 e. The number of nitrogens with zero attached hydrogens (tertiary/aromatic N) is 1. The lowest BCUT2D eigenvalue weighted by Gasteiger charge is -2.41. The first-order valence-corrected chi connectivity index (χ1v) is 10.2. The molecule has 0 radical (unpaired) electrons. The van der Waals surface area contributed by atoms with Gasteiger partial charge in [0.2, 0.25) is 0 Å². The third-order valence-electron chi connectivity index (χ3n) is 7.03. The molecule has 29 heavy (non-hydrogen) atoms. The van der Waals surface area contributed by atoms with Crippen molar-refractivity contribution in [1.29, 1.82) is 0 Å². The van der Waals surface area contributed by atoms with Crippen LogP contribution in [0.3, 0.4) is 0 Å². The van der Waals surface area contributed by atoms with Gasteiger partial charge in [0, 0.05) is 6.54 Å². The maximum atomic E-state index is 13.3. The number of ketones is 1. The number of piperidine rings is 1. The zero-order valence-electron chi connectivity index (χ0n) is 16.6. The molecule has 1 N–H and O–H groups in total. The van der Waals surface area contributed by atoms with Crippen LogP contribution >= 0.6 is 0 Å². The SMILES string of the molecule is CC(=O)C1(c2ccccc2)CCN(CC2CC2(C(=O)O)c2ccc(F)cc2)CC1. The third-order valence-corrected chi connectivity index (χ3v) is 7.03. The monoisotopic (exact) mass is 395 g/mol. The molecule has 2 fully saturated rings. The van der Waals surface area contributed by atoms with Crippen molar-refractivity contribution in [1.82, 2.24) is 4.90 Å². The summed E-state index contributed by atoms with van der Waals surface area (Å²) in [6.07, 6.45) is 2.06. The molecule has 5 heteroatoms. The van der Waals surface area contributed by atoms with Crippen LogP contribution in [0.2, 0.25) is 0 Å². The molecule has 0 bridgehead atoms. The van der Waals surface area contributed by atoms with E-state index >= 15 is 0 Å². The maximum Gasteiger partial charge on any atom is 0.314 e. The number of rotatable bonds is 6. The number of aliphatic carboxylic acids is 1. The maximum absolute atomic E-state index is 13.3. The molecule has 0 spiro atoms. The normalized spacial score (nSPS) is 26.1. The van der Waals surface area contributed by atoms with Crippen LogP contribution in [-0.2, 0) is 20.4 Å². The molecule has 1 saturated carbocycles. The molecule has 1 heterocycles. The van der Waals surface area contributed by atoms with E-state index in [1.165, 1.54) is 12.1 Å². The van der Waals surface area contributed by atoms with E-state index in [9.17, 15) is 19.1 Å². The van der Waals surface area contributed by atoms with E-state index in [0.717, 1.165) is 31.5 Å². The van der Waals surface area contributed by atoms with Gasteiger partial charge in [-0.15, -0.1) is 0 Å². The number of halogens is 1. The molecule has 2 aliphatic rings. The Bertz CT molecular complexity index is 903. The Morgan fingerprint density at radius 3 is 2.21 bits per heavy atom. The highest BCUT2D eigenvalue weighted by Gasteiger charge is 2.61. The van der Waals surface area contributed by atoms with Crippen molar-refractivity contribution in [2.24, 2.45) is 5.92 Å². The first-order valence-electron chi connectivity index (χ1n) is 10.2. The predicted octanol–water partition coefficient (Wildman–Crippen LogP) is 3.79. The highest BCUT2D eigenvalue weighted by atomic mass is 19.1. The molecule has 0 amide bonds. The van der Waals surface area contributed by atoms with Gasteiger partial charge in [-0.2, -0.15) is 0 Å². The highest BCUT2D eigenvalue weighted by molar-refractivity contribution is 5.88. The highest BCUT2D eigenvalue weighted by Crippen LogP contribution is 2.55. The van der Waals surface area contributed by atoms with Gasteiger partial charge in [-0.3, -0.25) is 9.59 Å². The third kappa shape index (κ3) is 3.38. The van der Waals surface area contributed by atoms with Gasteiger partial charge in [0.25, 0.3) is 0 Å². The average molecular weight is 395 g/mol. The summed E-state index contributed by atoms with van der Waals surface area (Å²) in [5, 5.41) is 9.87. The number of hydrogen-bond donors (Lipinski definition) is 1. The Morgan fingerprint density at radius 1 is 1.03 bits per heavy atom. The first kappa shape index (κ1) is 19.8. The van der Waals surface area contributed by atoms with E-state index < -0.39 is 16.8 Å². The summed E-state index contributed by atoms with van der Waals surface area (Å²) >= 11 is 0. The lowest BCUT2D eigenvalue weighted by molar-refractivity contribution is -0.140. The van der Waals surface area contributed by atoms with Crippen molar-refractivity contribution < 1.29 is 19.1 Å². The van der Waals surface area contributed by atoms with Gasteiger partial charge in [0.1, 0.15) is 11.6 Å². The van der Waals surface area contributed by atoms with E-state index in [2.05, 4.69) is 4.90 Å². The van der Waals surface area contributed by atoms with E-state index in [-0.39, 0.29) is 17.5 Å². The summed E-state index contributed by atoms with van der Waals surface area (Å²) in [5.74, 6) is -0.995. The first-order chi connectivity index (χ1) is 13.9. The van der Waals surface area contributed by atoms with E-state index in [4.69, 9.17) is 0 Å². The van der Waals surface area contributed by atoms with Crippen LogP contribution in [0, 0.1) is 11.7 Å². The average Bonchev–Trinajstić information content (AvgIpc) is 3.45. The van der Waals surface area contributed by atoms with Gasteiger partial charge in [-0.05, 0) is 68.5 Å². The summed E-state index contributed by atoms with van der Waals surface area (Å²) < 4.78 is 13.3. The predicted molar refractivity (Wildman–Crippen MR) is 108 cm³/mol. The van der Waals surface area contributed by atoms with Gasteiger partial charge < -0.3 is 10.0 Å². The van der Waals surface area contributed by atoms with Crippen LogP contribution < -0.4 is 0 Å². The zero-order chi connectivity index (χ0) is 20.6. The van der Waals surface area contributed by atoms with Crippen LogP contribution in [0.5, 0.6) is 0 Å². The summed E-state index contributed by atoms with van der Waals surface area (Å²) in [5.41, 5.74) is 0.394. The zero-order valence-corrected chi connectivity index (χ0v) is 16.6. The lowest BCUT2D eigenvalue weighted by Crippen LogP contribution is -2.47. The molecule has 2 aromatic rings. The minimum atomic E-state index is -0.914. The minimum Gasteiger partial charge on any atom is -0.481 e. The van der Waals surface area contributed by atoms with Gasteiger partial charge >= 0.3 is 5.97 Å². The second kappa shape index (κ2) is 7.38. The van der Waals surface area contributed by atoms with Gasteiger partial charge in [-0.25, -0.2) is 4.39 Å². The molecule has 4 rings (SSSR count). The standard InChI is InChI=1S/C24H26FNO3/c1-17(27)23(18-5-3-2-4-6-18)11-13-26(14-12-23)16-20-15-24(20,22(28)29)19-7-9-21(25)10-8-19/h2-10,20H,11-16H2,1H3,(H,28,29). The summed E-state index contributed by atoms with van der Waals surface area (Å²) in [6, 6.07) is 15.8. The summed E-state index contributed by atoms with van der Waals surface area (Å²) in [7, 11) is 0. The topological polar surface area (TPSA) is 57.6 Å². The molecular formula is C24H26FNO3. The molecule has 152 valence electrons. The lowest BCUT2D eigenvalue weighted by atomic mass is 9.70. The van der Waals surface area contributed by atoms with Crippen molar-refractivity contribution in [3.63, 3.8) is 0 Å². The van der Waals surface area contributed by atoms with E-state index in [0.29, 0.717) is 18.5 Å². The second-order valence-electron chi connectivity index (χ2n) is 8.49.